The van der Waals surface area contributed by atoms with Crippen molar-refractivity contribution in [2.24, 2.45) is 0 Å². The van der Waals surface area contributed by atoms with Crippen molar-refractivity contribution in [3.05, 3.63) is 78.1 Å². The van der Waals surface area contributed by atoms with Crippen LogP contribution >= 0.6 is 0 Å². The Morgan fingerprint density at radius 2 is 1.79 bits per heavy atom. The average molecular weight is 319 g/mol. The van der Waals surface area contributed by atoms with E-state index in [-0.39, 0.29) is 12.1 Å². The van der Waals surface area contributed by atoms with Crippen LogP contribution in [-0.2, 0) is 6.54 Å². The Hall–Kier alpha value is -2.88. The second kappa shape index (κ2) is 7.13. The van der Waals surface area contributed by atoms with Gasteiger partial charge in [0, 0.05) is 26.0 Å². The predicted octanol–water partition coefficient (Wildman–Crippen LogP) is 4.14. The fourth-order valence-corrected chi connectivity index (χ4v) is 2.71. The Kier molecular flexibility index (Phi) is 4.75. The van der Waals surface area contributed by atoms with Gasteiger partial charge in [0.15, 0.2) is 0 Å². The summed E-state index contributed by atoms with van der Waals surface area (Å²) in [5.41, 5.74) is 2.15. The van der Waals surface area contributed by atoms with Crippen LogP contribution in [0.3, 0.4) is 0 Å². The highest BCUT2D eigenvalue weighted by Gasteiger charge is 2.13. The molecule has 0 radical (unpaired) electrons. The zero-order valence-electron chi connectivity index (χ0n) is 13.9. The van der Waals surface area contributed by atoms with Crippen molar-refractivity contribution < 1.29 is 4.79 Å². The largest absolute Gasteiger partial charge is 0.331 e. The number of amides is 2. The van der Waals surface area contributed by atoms with Gasteiger partial charge in [-0.15, -0.1) is 0 Å². The lowest BCUT2D eigenvalue weighted by molar-refractivity contribution is 0.203. The monoisotopic (exact) mass is 319 g/mol. The van der Waals surface area contributed by atoms with Crippen molar-refractivity contribution in [3.63, 3.8) is 0 Å². The molecule has 0 saturated carbocycles. The molecule has 0 aliphatic heterocycles. The van der Waals surface area contributed by atoms with Crippen LogP contribution in [0.2, 0.25) is 0 Å². The summed E-state index contributed by atoms with van der Waals surface area (Å²) in [6, 6.07) is 18.2. The van der Waals surface area contributed by atoms with E-state index in [1.807, 2.05) is 38.2 Å². The summed E-state index contributed by atoms with van der Waals surface area (Å²) >= 11 is 0. The fourth-order valence-electron chi connectivity index (χ4n) is 2.71. The lowest BCUT2D eigenvalue weighted by Gasteiger charge is -2.22. The zero-order chi connectivity index (χ0) is 16.9. The van der Waals surface area contributed by atoms with E-state index in [4.69, 9.17) is 0 Å². The topological polar surface area (TPSA) is 45.2 Å². The normalized spacial score (nSPS) is 11.9. The van der Waals surface area contributed by atoms with Gasteiger partial charge in [0.2, 0.25) is 0 Å². The SMILES string of the molecule is C[C@H](NC(=O)N(C)Cc1ccc2ccccc2c1)c1ccncc1. The van der Waals surface area contributed by atoms with Crippen LogP contribution in [0.25, 0.3) is 10.8 Å². The van der Waals surface area contributed by atoms with E-state index in [0.717, 1.165) is 11.1 Å². The molecule has 0 aliphatic rings. The maximum Gasteiger partial charge on any atom is 0.317 e. The Morgan fingerprint density at radius 1 is 1.08 bits per heavy atom. The van der Waals surface area contributed by atoms with Crippen LogP contribution in [0.5, 0.6) is 0 Å². The molecule has 0 fully saturated rings. The van der Waals surface area contributed by atoms with Crippen LogP contribution < -0.4 is 5.32 Å². The highest BCUT2D eigenvalue weighted by atomic mass is 16.2. The van der Waals surface area contributed by atoms with E-state index < -0.39 is 0 Å². The smallest absolute Gasteiger partial charge is 0.317 e. The molecule has 0 spiro atoms. The summed E-state index contributed by atoms with van der Waals surface area (Å²) in [5, 5.41) is 5.41. The predicted molar refractivity (Wildman–Crippen MR) is 96.6 cm³/mol. The molecule has 24 heavy (non-hydrogen) atoms. The van der Waals surface area contributed by atoms with Crippen molar-refractivity contribution in [3.8, 4) is 0 Å². The summed E-state index contributed by atoms with van der Waals surface area (Å²) in [7, 11) is 1.81. The molecule has 1 atom stereocenters. The molecule has 3 aromatic rings. The first-order chi connectivity index (χ1) is 11.6. The van der Waals surface area contributed by atoms with E-state index >= 15 is 0 Å². The first-order valence-corrected chi connectivity index (χ1v) is 8.03. The minimum atomic E-state index is -0.0903. The van der Waals surface area contributed by atoms with Gasteiger partial charge >= 0.3 is 6.03 Å². The number of urea groups is 1. The third-order valence-electron chi connectivity index (χ3n) is 4.13. The van der Waals surface area contributed by atoms with Gasteiger partial charge in [-0.05, 0) is 47.0 Å². The Morgan fingerprint density at radius 3 is 2.54 bits per heavy atom. The van der Waals surface area contributed by atoms with Crippen molar-refractivity contribution in [1.29, 1.82) is 0 Å². The number of hydrogen-bond acceptors (Lipinski definition) is 2. The average Bonchev–Trinajstić information content (AvgIpc) is 2.62. The number of pyridine rings is 1. The van der Waals surface area contributed by atoms with Crippen LogP contribution in [0.15, 0.2) is 67.0 Å². The molecule has 0 bridgehead atoms. The van der Waals surface area contributed by atoms with E-state index in [1.165, 1.54) is 10.8 Å². The maximum absolute atomic E-state index is 12.4. The Balaban J connectivity index is 1.64. The number of rotatable bonds is 4. The quantitative estimate of drug-likeness (QED) is 0.785. The summed E-state index contributed by atoms with van der Waals surface area (Å²) in [5.74, 6) is 0. The molecule has 0 unspecified atom stereocenters. The molecule has 2 aromatic carbocycles. The highest BCUT2D eigenvalue weighted by molar-refractivity contribution is 5.83. The number of carbonyl (C=O) groups excluding carboxylic acids is 1. The van der Waals surface area contributed by atoms with Crippen molar-refractivity contribution in [1.82, 2.24) is 15.2 Å². The van der Waals surface area contributed by atoms with Gasteiger partial charge in [0.05, 0.1) is 6.04 Å². The van der Waals surface area contributed by atoms with Crippen LogP contribution in [-0.4, -0.2) is 23.0 Å². The van der Waals surface area contributed by atoms with E-state index in [2.05, 4.69) is 40.6 Å². The molecule has 4 heteroatoms. The van der Waals surface area contributed by atoms with Gasteiger partial charge in [-0.3, -0.25) is 4.98 Å². The molecule has 3 rings (SSSR count). The fraction of sp³-hybridized carbons (Fsp3) is 0.200. The van der Waals surface area contributed by atoms with Crippen LogP contribution in [0.4, 0.5) is 4.79 Å². The third-order valence-corrected chi connectivity index (χ3v) is 4.13. The molecule has 122 valence electrons. The van der Waals surface area contributed by atoms with Crippen molar-refractivity contribution >= 4 is 16.8 Å². The van der Waals surface area contributed by atoms with Gasteiger partial charge in [0.1, 0.15) is 0 Å². The summed E-state index contributed by atoms with van der Waals surface area (Å²) in [6.45, 7) is 2.54. The van der Waals surface area contributed by atoms with Crippen molar-refractivity contribution in [2.45, 2.75) is 19.5 Å². The zero-order valence-corrected chi connectivity index (χ0v) is 13.9. The number of nitrogens with zero attached hydrogens (tertiary/aromatic N) is 2. The lowest BCUT2D eigenvalue weighted by Crippen LogP contribution is -2.38. The minimum Gasteiger partial charge on any atom is -0.331 e. The molecular weight excluding hydrogens is 298 g/mol. The second-order valence-electron chi connectivity index (χ2n) is 5.99. The Labute approximate surface area is 142 Å². The number of benzene rings is 2. The van der Waals surface area contributed by atoms with Crippen molar-refractivity contribution in [2.75, 3.05) is 7.05 Å². The highest BCUT2D eigenvalue weighted by Crippen LogP contribution is 2.17. The minimum absolute atomic E-state index is 0.0560. The number of hydrogen-bond donors (Lipinski definition) is 1. The summed E-state index contributed by atoms with van der Waals surface area (Å²) in [6.07, 6.45) is 3.47. The first kappa shape index (κ1) is 16.0. The lowest BCUT2D eigenvalue weighted by atomic mass is 10.1. The number of carbonyl (C=O) groups is 1. The van der Waals surface area contributed by atoms with Gasteiger partial charge in [-0.1, -0.05) is 36.4 Å². The maximum atomic E-state index is 12.4. The molecule has 2 amide bonds. The molecule has 4 nitrogen and oxygen atoms in total. The molecule has 1 N–H and O–H groups in total. The molecular formula is C20H21N3O. The third kappa shape index (κ3) is 3.71. The van der Waals surface area contributed by atoms with Gasteiger partial charge in [0.25, 0.3) is 0 Å². The Bertz CT molecular complexity index is 832. The van der Waals surface area contributed by atoms with E-state index in [1.54, 1.807) is 17.3 Å². The van der Waals surface area contributed by atoms with E-state index in [0.29, 0.717) is 6.54 Å². The van der Waals surface area contributed by atoms with E-state index in [9.17, 15) is 4.79 Å². The molecule has 0 aliphatic carbocycles. The number of fused-ring (bicyclic) bond motifs is 1. The molecule has 1 heterocycles. The van der Waals surface area contributed by atoms with Gasteiger partial charge in [-0.2, -0.15) is 0 Å². The van der Waals surface area contributed by atoms with Crippen LogP contribution in [0, 0.1) is 0 Å². The molecule has 1 aromatic heterocycles. The summed E-state index contributed by atoms with van der Waals surface area (Å²) in [4.78, 5) is 18.1. The summed E-state index contributed by atoms with van der Waals surface area (Å²) < 4.78 is 0. The standard InChI is InChI=1S/C20H21N3O/c1-15(17-9-11-21-12-10-17)22-20(24)23(2)14-16-7-8-18-5-3-4-6-19(18)13-16/h3-13,15H,14H2,1-2H3,(H,22,24)/t15-/m0/s1. The number of nitrogens with one attached hydrogen (secondary N) is 1. The second-order valence-corrected chi connectivity index (χ2v) is 5.99. The van der Waals surface area contributed by atoms with Gasteiger partial charge in [-0.25, -0.2) is 4.79 Å². The number of aromatic nitrogens is 1. The molecule has 0 saturated heterocycles. The first-order valence-electron chi connectivity index (χ1n) is 8.03. The van der Waals surface area contributed by atoms with Gasteiger partial charge < -0.3 is 10.2 Å². The van der Waals surface area contributed by atoms with Crippen LogP contribution in [0.1, 0.15) is 24.1 Å².